The van der Waals surface area contributed by atoms with E-state index in [4.69, 9.17) is 9.26 Å². The monoisotopic (exact) mass is 354 g/mol. The van der Waals surface area contributed by atoms with Gasteiger partial charge in [-0.2, -0.15) is 4.98 Å². The van der Waals surface area contributed by atoms with Crippen LogP contribution >= 0.6 is 11.8 Å². The molecule has 25 heavy (non-hydrogen) atoms. The van der Waals surface area contributed by atoms with Gasteiger partial charge in [-0.25, -0.2) is 4.79 Å². The molecule has 5 nitrogen and oxygen atoms in total. The standard InChI is InChI=1S/C19H18N2O3S/c1-13-6-3-4-9-16(13)18-20-17(24-21-18)12-25-11-14-7-5-8-15(10-14)19(22)23-2/h3-10H,11-12H2,1-2H3. The molecule has 1 heterocycles. The number of aryl methyl sites for hydroxylation is 1. The summed E-state index contributed by atoms with van der Waals surface area (Å²) in [7, 11) is 1.38. The van der Waals surface area contributed by atoms with Crippen molar-refractivity contribution in [2.45, 2.75) is 18.4 Å². The van der Waals surface area contributed by atoms with Crippen LogP contribution in [0.15, 0.2) is 53.1 Å². The summed E-state index contributed by atoms with van der Waals surface area (Å²) in [5, 5.41) is 4.06. The van der Waals surface area contributed by atoms with Gasteiger partial charge in [-0.05, 0) is 30.2 Å². The van der Waals surface area contributed by atoms with E-state index in [2.05, 4.69) is 10.1 Å². The first-order valence-corrected chi connectivity index (χ1v) is 8.96. The van der Waals surface area contributed by atoms with Crippen molar-refractivity contribution in [2.24, 2.45) is 0 Å². The Labute approximate surface area is 150 Å². The molecule has 0 fully saturated rings. The summed E-state index contributed by atoms with van der Waals surface area (Å²) in [6.07, 6.45) is 0. The summed E-state index contributed by atoms with van der Waals surface area (Å²) in [6.45, 7) is 2.02. The molecule has 0 aliphatic heterocycles. The Kier molecular flexibility index (Phi) is 5.50. The van der Waals surface area contributed by atoms with E-state index in [9.17, 15) is 4.79 Å². The third-order valence-electron chi connectivity index (χ3n) is 3.70. The second kappa shape index (κ2) is 7.98. The van der Waals surface area contributed by atoms with Gasteiger partial charge in [0.15, 0.2) is 0 Å². The molecule has 0 aliphatic carbocycles. The zero-order valence-corrected chi connectivity index (χ0v) is 14.9. The number of thioether (sulfide) groups is 1. The second-order valence-corrected chi connectivity index (χ2v) is 6.50. The summed E-state index contributed by atoms with van der Waals surface area (Å²) in [5.74, 6) is 2.23. The van der Waals surface area contributed by atoms with E-state index >= 15 is 0 Å². The molecule has 0 saturated carbocycles. The van der Waals surface area contributed by atoms with Crippen LogP contribution in [0.2, 0.25) is 0 Å². The fraction of sp³-hybridized carbons (Fsp3) is 0.211. The molecule has 0 N–H and O–H groups in total. The molecule has 0 unspecified atom stereocenters. The summed E-state index contributed by atoms with van der Waals surface area (Å²) < 4.78 is 10.1. The number of nitrogens with zero attached hydrogens (tertiary/aromatic N) is 2. The van der Waals surface area contributed by atoms with Crippen LogP contribution in [0.5, 0.6) is 0 Å². The van der Waals surface area contributed by atoms with Crippen LogP contribution in [0.3, 0.4) is 0 Å². The number of hydrogen-bond acceptors (Lipinski definition) is 6. The lowest BCUT2D eigenvalue weighted by Crippen LogP contribution is -2.01. The van der Waals surface area contributed by atoms with Crippen LogP contribution in [0.25, 0.3) is 11.4 Å². The molecule has 0 radical (unpaired) electrons. The lowest BCUT2D eigenvalue weighted by Gasteiger charge is -2.03. The topological polar surface area (TPSA) is 65.2 Å². The maximum atomic E-state index is 11.6. The molecular weight excluding hydrogens is 336 g/mol. The first kappa shape index (κ1) is 17.2. The van der Waals surface area contributed by atoms with Gasteiger partial charge in [0.05, 0.1) is 18.4 Å². The maximum absolute atomic E-state index is 11.6. The SMILES string of the molecule is COC(=O)c1cccc(CSCc2nc(-c3ccccc3C)no2)c1. The quantitative estimate of drug-likeness (QED) is 0.616. The first-order chi connectivity index (χ1) is 12.2. The number of carbonyl (C=O) groups is 1. The van der Waals surface area contributed by atoms with Gasteiger partial charge in [0.1, 0.15) is 0 Å². The van der Waals surface area contributed by atoms with Gasteiger partial charge in [0.2, 0.25) is 11.7 Å². The first-order valence-electron chi connectivity index (χ1n) is 7.81. The highest BCUT2D eigenvalue weighted by Gasteiger charge is 2.11. The normalized spacial score (nSPS) is 10.6. The third kappa shape index (κ3) is 4.28. The van der Waals surface area contributed by atoms with Crippen LogP contribution in [0, 0.1) is 6.92 Å². The van der Waals surface area contributed by atoms with Crippen LogP contribution in [0.1, 0.15) is 27.4 Å². The Morgan fingerprint density at radius 2 is 2.00 bits per heavy atom. The Balaban J connectivity index is 1.60. The lowest BCUT2D eigenvalue weighted by molar-refractivity contribution is 0.0600. The number of rotatable bonds is 6. The number of aromatic nitrogens is 2. The van der Waals surface area contributed by atoms with Gasteiger partial charge in [-0.15, -0.1) is 11.8 Å². The van der Waals surface area contributed by atoms with Crippen LogP contribution in [-0.2, 0) is 16.2 Å². The van der Waals surface area contributed by atoms with E-state index in [1.54, 1.807) is 17.8 Å². The van der Waals surface area contributed by atoms with Crippen LogP contribution in [0.4, 0.5) is 0 Å². The van der Waals surface area contributed by atoms with Crippen molar-refractivity contribution in [2.75, 3.05) is 7.11 Å². The van der Waals surface area contributed by atoms with Crippen molar-refractivity contribution >= 4 is 17.7 Å². The largest absolute Gasteiger partial charge is 0.465 e. The van der Waals surface area contributed by atoms with E-state index < -0.39 is 0 Å². The van der Waals surface area contributed by atoms with Crippen molar-refractivity contribution in [1.82, 2.24) is 10.1 Å². The number of ether oxygens (including phenoxy) is 1. The van der Waals surface area contributed by atoms with E-state index in [1.807, 2.05) is 49.4 Å². The fourth-order valence-electron chi connectivity index (χ4n) is 2.41. The third-order valence-corrected chi connectivity index (χ3v) is 4.68. The Hall–Kier alpha value is -2.60. The predicted octanol–water partition coefficient (Wildman–Crippen LogP) is 4.27. The van der Waals surface area contributed by atoms with Crippen molar-refractivity contribution in [3.05, 3.63) is 71.1 Å². The van der Waals surface area contributed by atoms with Crippen molar-refractivity contribution in [1.29, 1.82) is 0 Å². The Morgan fingerprint density at radius 3 is 2.80 bits per heavy atom. The summed E-state index contributed by atoms with van der Waals surface area (Å²) in [5.41, 5.74) is 3.70. The van der Waals surface area contributed by atoms with E-state index in [0.717, 1.165) is 22.4 Å². The molecule has 0 amide bonds. The minimum Gasteiger partial charge on any atom is -0.465 e. The van der Waals surface area contributed by atoms with Gasteiger partial charge in [0, 0.05) is 11.3 Å². The number of hydrogen-bond donors (Lipinski definition) is 0. The molecule has 0 aliphatic rings. The van der Waals surface area contributed by atoms with E-state index in [0.29, 0.717) is 23.0 Å². The molecule has 2 aromatic carbocycles. The zero-order chi connectivity index (χ0) is 17.6. The average molecular weight is 354 g/mol. The smallest absolute Gasteiger partial charge is 0.337 e. The Bertz CT molecular complexity index is 876. The van der Waals surface area contributed by atoms with Crippen molar-refractivity contribution in [3.8, 4) is 11.4 Å². The molecule has 3 rings (SSSR count). The molecule has 0 saturated heterocycles. The molecule has 0 atom stereocenters. The van der Waals surface area contributed by atoms with Gasteiger partial charge in [-0.1, -0.05) is 41.6 Å². The number of esters is 1. The lowest BCUT2D eigenvalue weighted by atomic mass is 10.1. The average Bonchev–Trinajstić information content (AvgIpc) is 3.10. The molecule has 6 heteroatoms. The van der Waals surface area contributed by atoms with Crippen molar-refractivity contribution in [3.63, 3.8) is 0 Å². The summed E-state index contributed by atoms with van der Waals surface area (Å²) in [4.78, 5) is 16.0. The minimum atomic E-state index is -0.327. The van der Waals surface area contributed by atoms with Gasteiger partial charge >= 0.3 is 5.97 Å². The summed E-state index contributed by atoms with van der Waals surface area (Å²) in [6, 6.07) is 15.4. The van der Waals surface area contributed by atoms with Crippen molar-refractivity contribution < 1.29 is 14.1 Å². The highest BCUT2D eigenvalue weighted by atomic mass is 32.2. The molecule has 0 bridgehead atoms. The molecular formula is C19H18N2O3S. The minimum absolute atomic E-state index is 0.327. The summed E-state index contributed by atoms with van der Waals surface area (Å²) >= 11 is 1.65. The number of carbonyl (C=O) groups excluding carboxylic acids is 1. The van der Waals surface area contributed by atoms with Gasteiger partial charge < -0.3 is 9.26 Å². The van der Waals surface area contributed by atoms with Crippen LogP contribution < -0.4 is 0 Å². The molecule has 3 aromatic rings. The highest BCUT2D eigenvalue weighted by Crippen LogP contribution is 2.22. The van der Waals surface area contributed by atoms with E-state index in [1.165, 1.54) is 7.11 Å². The van der Waals surface area contributed by atoms with Gasteiger partial charge in [0.25, 0.3) is 0 Å². The predicted molar refractivity (Wildman–Crippen MR) is 97.3 cm³/mol. The molecule has 128 valence electrons. The Morgan fingerprint density at radius 1 is 1.16 bits per heavy atom. The zero-order valence-electron chi connectivity index (χ0n) is 14.1. The second-order valence-electron chi connectivity index (χ2n) is 5.51. The fourth-order valence-corrected chi connectivity index (χ4v) is 3.22. The van der Waals surface area contributed by atoms with E-state index in [-0.39, 0.29) is 5.97 Å². The number of methoxy groups -OCH3 is 1. The van der Waals surface area contributed by atoms with Gasteiger partial charge in [-0.3, -0.25) is 0 Å². The maximum Gasteiger partial charge on any atom is 0.337 e. The number of benzene rings is 2. The highest BCUT2D eigenvalue weighted by molar-refractivity contribution is 7.97. The molecule has 1 aromatic heterocycles. The molecule has 0 spiro atoms. The van der Waals surface area contributed by atoms with Crippen LogP contribution in [-0.4, -0.2) is 23.2 Å².